The number of alkyl halides is 1. The molecule has 1 nitrogen and oxygen atoms in total. The van der Waals surface area contributed by atoms with Crippen LogP contribution < -0.4 is 0 Å². The van der Waals surface area contributed by atoms with E-state index in [1.54, 1.807) is 0 Å². The Morgan fingerprint density at radius 3 is 2.50 bits per heavy atom. The molecule has 0 aromatic heterocycles. The largest absolute Gasteiger partial charge is 0.372 e. The standard InChI is InChI=1S/C15H10BrF3O/c16-13(11-3-4-12(17)15(19)14(11)18)8-1-2-9-6-20-7-10(9)5-8/h1-5,13H,6-7H2. The number of hydrogen-bond acceptors (Lipinski definition) is 1. The lowest BCUT2D eigenvalue weighted by molar-refractivity contribution is 0.134. The van der Waals surface area contributed by atoms with Crippen LogP contribution in [0.5, 0.6) is 0 Å². The second-order valence-electron chi connectivity index (χ2n) is 4.65. The summed E-state index contributed by atoms with van der Waals surface area (Å²) in [5, 5.41) is 0. The molecule has 0 aliphatic carbocycles. The topological polar surface area (TPSA) is 9.23 Å². The maximum atomic E-state index is 13.8. The van der Waals surface area contributed by atoms with Crippen molar-refractivity contribution < 1.29 is 17.9 Å². The highest BCUT2D eigenvalue weighted by Gasteiger charge is 2.21. The first-order valence-electron chi connectivity index (χ1n) is 6.05. The number of rotatable bonds is 2. The third-order valence-electron chi connectivity index (χ3n) is 3.38. The first-order valence-corrected chi connectivity index (χ1v) is 6.96. The Morgan fingerprint density at radius 2 is 1.70 bits per heavy atom. The second-order valence-corrected chi connectivity index (χ2v) is 5.56. The van der Waals surface area contributed by atoms with Crippen LogP contribution in [0.25, 0.3) is 0 Å². The van der Waals surface area contributed by atoms with Crippen LogP contribution in [0.3, 0.4) is 0 Å². The molecule has 0 saturated carbocycles. The van der Waals surface area contributed by atoms with Crippen LogP contribution in [0.2, 0.25) is 0 Å². The molecule has 0 amide bonds. The average molecular weight is 343 g/mol. The van der Waals surface area contributed by atoms with Gasteiger partial charge in [0.2, 0.25) is 0 Å². The smallest absolute Gasteiger partial charge is 0.194 e. The predicted molar refractivity (Wildman–Crippen MR) is 72.0 cm³/mol. The van der Waals surface area contributed by atoms with Crippen molar-refractivity contribution in [3.05, 3.63) is 70.0 Å². The zero-order chi connectivity index (χ0) is 14.3. The van der Waals surface area contributed by atoms with E-state index in [-0.39, 0.29) is 5.56 Å². The summed E-state index contributed by atoms with van der Waals surface area (Å²) in [6, 6.07) is 7.80. The Bertz CT molecular complexity index is 672. The van der Waals surface area contributed by atoms with E-state index in [4.69, 9.17) is 4.74 Å². The van der Waals surface area contributed by atoms with Crippen LogP contribution in [0.15, 0.2) is 30.3 Å². The van der Waals surface area contributed by atoms with Crippen LogP contribution >= 0.6 is 15.9 Å². The zero-order valence-electron chi connectivity index (χ0n) is 10.3. The lowest BCUT2D eigenvalue weighted by atomic mass is 10.00. The molecule has 0 spiro atoms. The van der Waals surface area contributed by atoms with E-state index >= 15 is 0 Å². The van der Waals surface area contributed by atoms with Gasteiger partial charge in [-0.15, -0.1) is 0 Å². The molecule has 2 aromatic carbocycles. The van der Waals surface area contributed by atoms with Gasteiger partial charge < -0.3 is 4.74 Å². The lowest BCUT2D eigenvalue weighted by Crippen LogP contribution is -2.02. The molecule has 0 radical (unpaired) electrons. The van der Waals surface area contributed by atoms with Crippen LogP contribution in [0.1, 0.15) is 27.1 Å². The molecule has 0 bridgehead atoms. The van der Waals surface area contributed by atoms with Crippen molar-refractivity contribution in [3.63, 3.8) is 0 Å². The van der Waals surface area contributed by atoms with E-state index in [1.807, 2.05) is 18.2 Å². The minimum Gasteiger partial charge on any atom is -0.372 e. The molecule has 2 aromatic rings. The van der Waals surface area contributed by atoms with Gasteiger partial charge in [0, 0.05) is 5.56 Å². The van der Waals surface area contributed by atoms with Gasteiger partial charge >= 0.3 is 0 Å². The fourth-order valence-electron chi connectivity index (χ4n) is 2.27. The van der Waals surface area contributed by atoms with E-state index in [0.29, 0.717) is 13.2 Å². The number of ether oxygens (including phenoxy) is 1. The minimum atomic E-state index is -1.45. The van der Waals surface area contributed by atoms with Gasteiger partial charge in [-0.1, -0.05) is 40.2 Å². The molecule has 1 unspecified atom stereocenters. The van der Waals surface area contributed by atoms with E-state index < -0.39 is 22.3 Å². The van der Waals surface area contributed by atoms with Gasteiger partial charge in [0.05, 0.1) is 18.0 Å². The number of benzene rings is 2. The molecule has 104 valence electrons. The van der Waals surface area contributed by atoms with Gasteiger partial charge in [-0.2, -0.15) is 0 Å². The normalized spacial score (nSPS) is 15.2. The van der Waals surface area contributed by atoms with Crippen molar-refractivity contribution in [1.29, 1.82) is 0 Å². The molecule has 1 aliphatic rings. The van der Waals surface area contributed by atoms with Crippen molar-refractivity contribution in [2.75, 3.05) is 0 Å². The molecule has 3 rings (SSSR count). The minimum absolute atomic E-state index is 0.0720. The van der Waals surface area contributed by atoms with Crippen LogP contribution in [0, 0.1) is 17.5 Å². The molecule has 5 heteroatoms. The first kappa shape index (κ1) is 13.6. The van der Waals surface area contributed by atoms with E-state index in [0.717, 1.165) is 22.8 Å². The number of halogens is 4. The molecule has 0 N–H and O–H groups in total. The summed E-state index contributed by atoms with van der Waals surface area (Å²) in [6.45, 7) is 1.09. The van der Waals surface area contributed by atoms with E-state index in [9.17, 15) is 13.2 Å². The van der Waals surface area contributed by atoms with Gasteiger partial charge in [-0.25, -0.2) is 13.2 Å². The Morgan fingerprint density at radius 1 is 0.950 bits per heavy atom. The van der Waals surface area contributed by atoms with Crippen molar-refractivity contribution >= 4 is 15.9 Å². The highest BCUT2D eigenvalue weighted by Crippen LogP contribution is 2.35. The van der Waals surface area contributed by atoms with Crippen LogP contribution in [0.4, 0.5) is 13.2 Å². The summed E-state index contributed by atoms with van der Waals surface area (Å²) >= 11 is 3.34. The monoisotopic (exact) mass is 342 g/mol. The van der Waals surface area contributed by atoms with Gasteiger partial charge in [-0.05, 0) is 22.8 Å². The lowest BCUT2D eigenvalue weighted by Gasteiger charge is -2.13. The fourth-order valence-corrected chi connectivity index (χ4v) is 2.90. The highest BCUT2D eigenvalue weighted by molar-refractivity contribution is 9.09. The summed E-state index contributed by atoms with van der Waals surface area (Å²) < 4.78 is 45.4. The zero-order valence-corrected chi connectivity index (χ0v) is 11.9. The summed E-state index contributed by atoms with van der Waals surface area (Å²) in [7, 11) is 0. The third kappa shape index (κ3) is 2.25. The summed E-state index contributed by atoms with van der Waals surface area (Å²) in [6.07, 6.45) is 0. The molecule has 20 heavy (non-hydrogen) atoms. The second kappa shape index (κ2) is 5.22. The predicted octanol–water partition coefficient (Wildman–Crippen LogP) is 4.62. The number of hydrogen-bond donors (Lipinski definition) is 0. The van der Waals surface area contributed by atoms with Crippen molar-refractivity contribution in [3.8, 4) is 0 Å². The molecule has 0 saturated heterocycles. The Kier molecular flexibility index (Phi) is 3.56. The molecular weight excluding hydrogens is 333 g/mol. The molecular formula is C15H10BrF3O. The SMILES string of the molecule is Fc1ccc(C(Br)c2ccc3c(c2)COC3)c(F)c1F. The van der Waals surface area contributed by atoms with Crippen LogP contribution in [-0.4, -0.2) is 0 Å². The number of fused-ring (bicyclic) bond motifs is 1. The Balaban J connectivity index is 2.00. The maximum Gasteiger partial charge on any atom is 0.194 e. The van der Waals surface area contributed by atoms with E-state index in [2.05, 4.69) is 15.9 Å². The summed E-state index contributed by atoms with van der Waals surface area (Å²) in [5.74, 6) is -3.80. The Labute approximate surface area is 122 Å². The molecule has 1 atom stereocenters. The maximum absolute atomic E-state index is 13.8. The fraction of sp³-hybridized carbons (Fsp3) is 0.200. The average Bonchev–Trinajstić information content (AvgIpc) is 2.91. The molecule has 0 fully saturated rings. The van der Waals surface area contributed by atoms with Gasteiger partial charge in [0.15, 0.2) is 17.5 Å². The summed E-state index contributed by atoms with van der Waals surface area (Å²) in [5.41, 5.74) is 2.98. The van der Waals surface area contributed by atoms with Crippen molar-refractivity contribution in [2.24, 2.45) is 0 Å². The van der Waals surface area contributed by atoms with Gasteiger partial charge in [0.25, 0.3) is 0 Å². The molecule has 1 aliphatic heterocycles. The third-order valence-corrected chi connectivity index (χ3v) is 4.40. The van der Waals surface area contributed by atoms with Gasteiger partial charge in [0.1, 0.15) is 0 Å². The first-order chi connectivity index (χ1) is 9.58. The van der Waals surface area contributed by atoms with E-state index in [1.165, 1.54) is 6.07 Å². The molecule has 1 heterocycles. The van der Waals surface area contributed by atoms with Crippen molar-refractivity contribution in [2.45, 2.75) is 18.0 Å². The van der Waals surface area contributed by atoms with Crippen LogP contribution in [-0.2, 0) is 18.0 Å². The highest BCUT2D eigenvalue weighted by atomic mass is 79.9. The van der Waals surface area contributed by atoms with Gasteiger partial charge in [-0.3, -0.25) is 0 Å². The quantitative estimate of drug-likeness (QED) is 0.571. The Hall–Kier alpha value is -1.33. The summed E-state index contributed by atoms with van der Waals surface area (Å²) in [4.78, 5) is -0.538. The van der Waals surface area contributed by atoms with Crippen molar-refractivity contribution in [1.82, 2.24) is 0 Å².